The Kier molecular flexibility index (Phi) is 5.77. The van der Waals surface area contributed by atoms with E-state index < -0.39 is 11.9 Å². The predicted octanol–water partition coefficient (Wildman–Crippen LogP) is 2.07. The smallest absolute Gasteiger partial charge is 0.321 e. The lowest BCUT2D eigenvalue weighted by atomic mass is 10.2. The van der Waals surface area contributed by atoms with Gasteiger partial charge in [0.2, 0.25) is 5.91 Å². The molecule has 26 heavy (non-hydrogen) atoms. The van der Waals surface area contributed by atoms with Crippen LogP contribution >= 0.6 is 23.1 Å². The molecule has 0 atom stereocenters. The second-order valence-electron chi connectivity index (χ2n) is 5.83. The molecule has 0 spiro atoms. The van der Waals surface area contributed by atoms with Gasteiger partial charge in [0.25, 0.3) is 5.56 Å². The van der Waals surface area contributed by atoms with Crippen molar-refractivity contribution in [3.05, 3.63) is 33.4 Å². The molecule has 2 N–H and O–H groups in total. The van der Waals surface area contributed by atoms with E-state index in [-0.39, 0.29) is 11.3 Å². The molecule has 0 bridgehead atoms. The first-order chi connectivity index (χ1) is 12.5. The summed E-state index contributed by atoms with van der Waals surface area (Å²) in [6.07, 6.45) is 4.63. The summed E-state index contributed by atoms with van der Waals surface area (Å²) in [5.41, 5.74) is 1.05. The Morgan fingerprint density at radius 2 is 2.23 bits per heavy atom. The van der Waals surface area contributed by atoms with Gasteiger partial charge in [-0.15, -0.1) is 17.9 Å². The molecule has 2 aromatic heterocycles. The van der Waals surface area contributed by atoms with Crippen LogP contribution in [0.3, 0.4) is 0 Å². The minimum atomic E-state index is -0.528. The van der Waals surface area contributed by atoms with Crippen molar-refractivity contribution in [2.45, 2.75) is 37.9 Å². The molecule has 7 nitrogen and oxygen atoms in total. The molecule has 2 heterocycles. The molecule has 1 aliphatic carbocycles. The maximum Gasteiger partial charge on any atom is 0.321 e. The van der Waals surface area contributed by atoms with Gasteiger partial charge in [-0.1, -0.05) is 17.8 Å². The number of urea groups is 1. The number of allylic oxidation sites excluding steroid dienone is 1. The zero-order chi connectivity index (χ0) is 18.7. The van der Waals surface area contributed by atoms with E-state index in [0.717, 1.165) is 41.4 Å². The Labute approximate surface area is 158 Å². The van der Waals surface area contributed by atoms with Gasteiger partial charge in [-0.2, -0.15) is 0 Å². The molecule has 0 fully saturated rings. The number of imide groups is 1. The molecule has 0 aromatic carbocycles. The number of aromatic nitrogens is 2. The van der Waals surface area contributed by atoms with Crippen LogP contribution in [0.15, 0.2) is 22.6 Å². The first-order valence-corrected chi connectivity index (χ1v) is 10.2. The Bertz CT molecular complexity index is 932. The molecule has 0 saturated heterocycles. The van der Waals surface area contributed by atoms with Gasteiger partial charge in [0, 0.05) is 18.0 Å². The van der Waals surface area contributed by atoms with Gasteiger partial charge < -0.3 is 5.32 Å². The maximum atomic E-state index is 13.0. The van der Waals surface area contributed by atoms with E-state index in [1.54, 1.807) is 28.9 Å². The van der Waals surface area contributed by atoms with E-state index >= 15 is 0 Å². The van der Waals surface area contributed by atoms with Gasteiger partial charge in [0.1, 0.15) is 4.83 Å². The molecule has 3 amide bonds. The van der Waals surface area contributed by atoms with Crippen molar-refractivity contribution in [2.24, 2.45) is 0 Å². The highest BCUT2D eigenvalue weighted by Gasteiger charge is 2.23. The fourth-order valence-corrected chi connectivity index (χ4v) is 5.07. The minimum absolute atomic E-state index is 0.00267. The number of thiophene rings is 1. The van der Waals surface area contributed by atoms with Crippen LogP contribution in [0.25, 0.3) is 10.2 Å². The highest BCUT2D eigenvalue weighted by molar-refractivity contribution is 7.99. The van der Waals surface area contributed by atoms with Crippen LogP contribution in [-0.4, -0.2) is 33.8 Å². The largest absolute Gasteiger partial charge is 0.338 e. The quantitative estimate of drug-likeness (QED) is 0.446. The second-order valence-corrected chi connectivity index (χ2v) is 7.86. The minimum Gasteiger partial charge on any atom is -0.338 e. The van der Waals surface area contributed by atoms with Crippen LogP contribution in [0, 0.1) is 0 Å². The van der Waals surface area contributed by atoms with Gasteiger partial charge in [-0.3, -0.25) is 19.5 Å². The fourth-order valence-electron chi connectivity index (χ4n) is 2.96. The molecule has 138 valence electrons. The third-order valence-corrected chi connectivity index (χ3v) is 6.19. The zero-order valence-electron chi connectivity index (χ0n) is 14.5. The molecular formula is C17H20N4O3S2. The van der Waals surface area contributed by atoms with Gasteiger partial charge in [0.05, 0.1) is 11.1 Å². The zero-order valence-corrected chi connectivity index (χ0v) is 16.1. The van der Waals surface area contributed by atoms with E-state index in [0.29, 0.717) is 23.6 Å². The first-order valence-electron chi connectivity index (χ1n) is 8.41. The summed E-state index contributed by atoms with van der Waals surface area (Å²) in [6, 6.07) is -0.528. The average molecular weight is 393 g/mol. The van der Waals surface area contributed by atoms with Gasteiger partial charge >= 0.3 is 6.03 Å². The molecule has 3 rings (SSSR count). The average Bonchev–Trinajstić information content (AvgIpc) is 3.16. The van der Waals surface area contributed by atoms with Crippen molar-refractivity contribution >= 4 is 45.3 Å². The molecule has 2 aromatic rings. The Balaban J connectivity index is 1.87. The number of amides is 3. The Morgan fingerprint density at radius 3 is 2.96 bits per heavy atom. The molecule has 9 heteroatoms. The lowest BCUT2D eigenvalue weighted by Crippen LogP contribution is -2.40. The predicted molar refractivity (Wildman–Crippen MR) is 104 cm³/mol. The monoisotopic (exact) mass is 392 g/mol. The van der Waals surface area contributed by atoms with Gasteiger partial charge in [0.15, 0.2) is 5.16 Å². The van der Waals surface area contributed by atoms with Crippen molar-refractivity contribution < 1.29 is 9.59 Å². The molecule has 0 unspecified atom stereocenters. The standard InChI is InChI=1S/C17H20N4O3S2/c1-3-8-21-15(23)13-10-6-5-7-11(10)26-14(13)20-17(21)25-9-12(22)19-16(24)18-4-2/h3H,1,4-9H2,2H3,(H2,18,19,22,24). The SMILES string of the molecule is C=CCn1c(SCC(=O)NC(=O)NCC)nc2sc3c(c2c1=O)CCC3. The number of carbonyl (C=O) groups is 2. The summed E-state index contributed by atoms with van der Waals surface area (Å²) in [5.74, 6) is -0.439. The number of hydrogen-bond acceptors (Lipinski definition) is 6. The van der Waals surface area contributed by atoms with Crippen molar-refractivity contribution in [1.82, 2.24) is 20.2 Å². The van der Waals surface area contributed by atoms with Crippen LogP contribution in [0.4, 0.5) is 4.79 Å². The second kappa shape index (κ2) is 8.05. The highest BCUT2D eigenvalue weighted by Crippen LogP contribution is 2.35. The summed E-state index contributed by atoms with van der Waals surface area (Å²) >= 11 is 2.71. The third-order valence-electron chi connectivity index (χ3n) is 4.02. The number of rotatable bonds is 6. The van der Waals surface area contributed by atoms with Crippen molar-refractivity contribution in [3.8, 4) is 0 Å². The lowest BCUT2D eigenvalue weighted by Gasteiger charge is -2.10. The van der Waals surface area contributed by atoms with E-state index in [1.165, 1.54) is 4.88 Å². The summed E-state index contributed by atoms with van der Waals surface area (Å²) in [4.78, 5) is 42.9. The molecular weight excluding hydrogens is 372 g/mol. The summed E-state index contributed by atoms with van der Waals surface area (Å²) in [7, 11) is 0. The molecule has 0 saturated carbocycles. The van der Waals surface area contributed by atoms with Crippen molar-refractivity contribution in [1.29, 1.82) is 0 Å². The van der Waals surface area contributed by atoms with E-state index in [9.17, 15) is 14.4 Å². The number of hydrogen-bond donors (Lipinski definition) is 2. The summed E-state index contributed by atoms with van der Waals surface area (Å²) in [5, 5.41) is 5.92. The topological polar surface area (TPSA) is 93.1 Å². The highest BCUT2D eigenvalue weighted by atomic mass is 32.2. The van der Waals surface area contributed by atoms with E-state index in [2.05, 4.69) is 22.2 Å². The Morgan fingerprint density at radius 1 is 1.42 bits per heavy atom. The number of aryl methyl sites for hydroxylation is 2. The van der Waals surface area contributed by atoms with Gasteiger partial charge in [-0.25, -0.2) is 9.78 Å². The number of nitrogens with zero attached hydrogens (tertiary/aromatic N) is 2. The normalized spacial score (nSPS) is 12.8. The van der Waals surface area contributed by atoms with E-state index in [1.807, 2.05) is 0 Å². The van der Waals surface area contributed by atoms with Crippen LogP contribution in [0.2, 0.25) is 0 Å². The summed E-state index contributed by atoms with van der Waals surface area (Å²) in [6.45, 7) is 6.24. The van der Waals surface area contributed by atoms with Crippen LogP contribution < -0.4 is 16.2 Å². The third kappa shape index (κ3) is 3.68. The first kappa shape index (κ1) is 18.7. The Hall–Kier alpha value is -2.13. The van der Waals surface area contributed by atoms with Gasteiger partial charge in [-0.05, 0) is 31.7 Å². The van der Waals surface area contributed by atoms with Crippen molar-refractivity contribution in [2.75, 3.05) is 12.3 Å². The van der Waals surface area contributed by atoms with Crippen LogP contribution in [0.1, 0.15) is 23.8 Å². The number of nitrogens with one attached hydrogen (secondary N) is 2. The van der Waals surface area contributed by atoms with Crippen LogP contribution in [0.5, 0.6) is 0 Å². The number of thioether (sulfide) groups is 1. The molecule has 0 radical (unpaired) electrons. The van der Waals surface area contributed by atoms with E-state index in [4.69, 9.17) is 0 Å². The maximum absolute atomic E-state index is 13.0. The van der Waals surface area contributed by atoms with Crippen LogP contribution in [-0.2, 0) is 24.2 Å². The number of carbonyl (C=O) groups excluding carboxylic acids is 2. The molecule has 0 aliphatic heterocycles. The summed E-state index contributed by atoms with van der Waals surface area (Å²) < 4.78 is 1.55. The van der Waals surface area contributed by atoms with Crippen molar-refractivity contribution in [3.63, 3.8) is 0 Å². The molecule has 1 aliphatic rings. The lowest BCUT2D eigenvalue weighted by molar-refractivity contribution is -0.117. The number of fused-ring (bicyclic) bond motifs is 3. The fraction of sp³-hybridized carbons (Fsp3) is 0.412.